The quantitative estimate of drug-likeness (QED) is 0.467. The van der Waals surface area contributed by atoms with E-state index in [9.17, 15) is 4.79 Å². The van der Waals surface area contributed by atoms with Gasteiger partial charge in [-0.15, -0.1) is 0 Å². The molecule has 0 fully saturated rings. The first-order chi connectivity index (χ1) is 6.36. The van der Waals surface area contributed by atoms with Gasteiger partial charge < -0.3 is 4.74 Å². The van der Waals surface area contributed by atoms with Crippen LogP contribution in [0.1, 0.15) is 27.7 Å². The first kappa shape index (κ1) is 11.0. The van der Waals surface area contributed by atoms with Crippen molar-refractivity contribution in [1.82, 2.24) is 0 Å². The van der Waals surface area contributed by atoms with E-state index in [-0.39, 0.29) is 11.4 Å². The molecule has 0 saturated heterocycles. The van der Waals surface area contributed by atoms with Crippen LogP contribution in [0.5, 0.6) is 0 Å². The zero-order chi connectivity index (χ0) is 10.9. The van der Waals surface area contributed by atoms with Crippen LogP contribution in [0.25, 0.3) is 0 Å². The molecule has 3 nitrogen and oxygen atoms in total. The molecule has 0 aromatic rings. The minimum Gasteiger partial charge on any atom is -0.466 e. The van der Waals surface area contributed by atoms with Gasteiger partial charge in [0.25, 0.3) is 0 Å². The summed E-state index contributed by atoms with van der Waals surface area (Å²) in [6.07, 6.45) is 0. The standard InChI is InChI=1S/C10H15BNO2/c1-6-7(8(13)14-5)11-9(12-6)10(2,3)4/h1-5H3. The van der Waals surface area contributed by atoms with E-state index in [1.165, 1.54) is 7.11 Å². The van der Waals surface area contributed by atoms with Crippen molar-refractivity contribution >= 4 is 18.9 Å². The summed E-state index contributed by atoms with van der Waals surface area (Å²) in [6.45, 7) is 8.02. The van der Waals surface area contributed by atoms with Gasteiger partial charge in [0.2, 0.25) is 7.28 Å². The summed E-state index contributed by atoms with van der Waals surface area (Å²) >= 11 is 0. The molecule has 0 aliphatic carbocycles. The van der Waals surface area contributed by atoms with Crippen molar-refractivity contribution in [2.75, 3.05) is 7.11 Å². The van der Waals surface area contributed by atoms with E-state index in [2.05, 4.69) is 30.5 Å². The number of ether oxygens (including phenoxy) is 1. The number of methoxy groups -OCH3 is 1. The van der Waals surface area contributed by atoms with Gasteiger partial charge in [-0.1, -0.05) is 20.8 Å². The summed E-state index contributed by atoms with van der Waals surface area (Å²) in [4.78, 5) is 15.7. The summed E-state index contributed by atoms with van der Waals surface area (Å²) in [7, 11) is 3.19. The minimum absolute atomic E-state index is 0.0307. The molecular formula is C10H15BNO2. The van der Waals surface area contributed by atoms with Crippen molar-refractivity contribution in [2.24, 2.45) is 10.4 Å². The molecule has 0 atom stereocenters. The van der Waals surface area contributed by atoms with Gasteiger partial charge in [-0.2, -0.15) is 0 Å². The molecule has 0 aromatic heterocycles. The Morgan fingerprint density at radius 1 is 1.43 bits per heavy atom. The lowest BCUT2D eigenvalue weighted by atomic mass is 9.59. The molecule has 14 heavy (non-hydrogen) atoms. The Kier molecular flexibility index (Phi) is 2.83. The molecule has 0 spiro atoms. The normalized spacial score (nSPS) is 16.5. The number of rotatable bonds is 1. The third kappa shape index (κ3) is 2.06. The highest BCUT2D eigenvalue weighted by atomic mass is 16.5. The van der Waals surface area contributed by atoms with E-state index in [4.69, 9.17) is 0 Å². The highest BCUT2D eigenvalue weighted by molar-refractivity contribution is 6.86. The number of esters is 1. The SMILES string of the molecule is COC(=O)C1=C(C)N=C(C(C)(C)C)[B]1. The Hall–Kier alpha value is -1.06. The molecule has 0 saturated carbocycles. The zero-order valence-corrected chi connectivity index (χ0v) is 9.34. The lowest BCUT2D eigenvalue weighted by Crippen LogP contribution is -2.27. The fraction of sp³-hybridized carbons (Fsp3) is 0.600. The van der Waals surface area contributed by atoms with Crippen LogP contribution in [0, 0.1) is 5.41 Å². The van der Waals surface area contributed by atoms with Gasteiger partial charge >= 0.3 is 5.97 Å². The molecule has 0 aromatic carbocycles. The number of carbonyl (C=O) groups is 1. The summed E-state index contributed by atoms with van der Waals surface area (Å²) in [6, 6.07) is 0. The van der Waals surface area contributed by atoms with Crippen LogP contribution in [0.2, 0.25) is 0 Å². The molecule has 1 aliphatic rings. The molecule has 0 bridgehead atoms. The smallest absolute Gasteiger partial charge is 0.326 e. The number of carbonyl (C=O) groups excluding carboxylic acids is 1. The second-order valence-electron chi connectivity index (χ2n) is 4.38. The zero-order valence-electron chi connectivity index (χ0n) is 9.34. The van der Waals surface area contributed by atoms with Crippen LogP contribution in [0.15, 0.2) is 16.2 Å². The average Bonchev–Trinajstić information content (AvgIpc) is 2.45. The molecule has 0 N–H and O–H groups in total. The highest BCUT2D eigenvalue weighted by Crippen LogP contribution is 2.24. The first-order valence-corrected chi connectivity index (χ1v) is 4.59. The van der Waals surface area contributed by atoms with Gasteiger partial charge in [-0.3, -0.25) is 4.99 Å². The van der Waals surface area contributed by atoms with E-state index in [0.717, 1.165) is 11.3 Å². The molecule has 4 heteroatoms. The van der Waals surface area contributed by atoms with E-state index in [1.807, 2.05) is 6.92 Å². The number of nitrogens with zero attached hydrogens (tertiary/aromatic N) is 1. The lowest BCUT2D eigenvalue weighted by molar-refractivity contribution is -0.135. The van der Waals surface area contributed by atoms with Crippen LogP contribution < -0.4 is 0 Å². The molecule has 0 amide bonds. The van der Waals surface area contributed by atoms with E-state index in [0.29, 0.717) is 5.47 Å². The van der Waals surface area contributed by atoms with Gasteiger partial charge in [-0.05, 0) is 17.9 Å². The largest absolute Gasteiger partial charge is 0.466 e. The van der Waals surface area contributed by atoms with Crippen LogP contribution in [0.3, 0.4) is 0 Å². The van der Waals surface area contributed by atoms with E-state index in [1.54, 1.807) is 7.28 Å². The average molecular weight is 192 g/mol. The molecule has 1 aliphatic heterocycles. The maximum Gasteiger partial charge on any atom is 0.326 e. The van der Waals surface area contributed by atoms with Crippen molar-refractivity contribution in [3.63, 3.8) is 0 Å². The number of hydrogen-bond donors (Lipinski definition) is 0. The second kappa shape index (κ2) is 3.60. The molecule has 1 heterocycles. The monoisotopic (exact) mass is 192 g/mol. The van der Waals surface area contributed by atoms with Crippen LogP contribution in [-0.2, 0) is 9.53 Å². The van der Waals surface area contributed by atoms with Gasteiger partial charge in [-0.25, -0.2) is 4.79 Å². The van der Waals surface area contributed by atoms with E-state index < -0.39 is 0 Å². The summed E-state index contributed by atoms with van der Waals surface area (Å²) in [5.41, 5.74) is 2.20. The Labute approximate surface area is 85.5 Å². The molecular weight excluding hydrogens is 177 g/mol. The number of hydrogen-bond acceptors (Lipinski definition) is 3. The molecule has 75 valence electrons. The van der Waals surface area contributed by atoms with Crippen molar-refractivity contribution in [3.05, 3.63) is 11.2 Å². The van der Waals surface area contributed by atoms with Crippen LogP contribution >= 0.6 is 0 Å². The Morgan fingerprint density at radius 3 is 2.36 bits per heavy atom. The molecule has 1 radical (unpaired) electrons. The fourth-order valence-electron chi connectivity index (χ4n) is 1.22. The highest BCUT2D eigenvalue weighted by Gasteiger charge is 2.29. The number of allylic oxidation sites excluding steroid dienone is 1. The first-order valence-electron chi connectivity index (χ1n) is 4.59. The maximum absolute atomic E-state index is 11.3. The summed E-state index contributed by atoms with van der Waals surface area (Å²) in [5, 5.41) is 0. The fourth-order valence-corrected chi connectivity index (χ4v) is 1.22. The van der Waals surface area contributed by atoms with Gasteiger partial charge in [0.15, 0.2) is 0 Å². The maximum atomic E-state index is 11.3. The van der Waals surface area contributed by atoms with Crippen molar-refractivity contribution in [2.45, 2.75) is 27.7 Å². The Bertz CT molecular complexity index is 324. The van der Waals surface area contributed by atoms with Crippen molar-refractivity contribution in [1.29, 1.82) is 0 Å². The van der Waals surface area contributed by atoms with Crippen molar-refractivity contribution in [3.8, 4) is 0 Å². The van der Waals surface area contributed by atoms with Crippen molar-refractivity contribution < 1.29 is 9.53 Å². The topological polar surface area (TPSA) is 38.7 Å². The molecule has 0 unspecified atom stereocenters. The number of aliphatic imine (C=N–C) groups is 1. The summed E-state index contributed by atoms with van der Waals surface area (Å²) in [5.74, 6) is -0.314. The lowest BCUT2D eigenvalue weighted by Gasteiger charge is -2.18. The summed E-state index contributed by atoms with van der Waals surface area (Å²) < 4.78 is 4.66. The Morgan fingerprint density at radius 2 is 2.00 bits per heavy atom. The van der Waals surface area contributed by atoms with E-state index >= 15 is 0 Å². The van der Waals surface area contributed by atoms with Gasteiger partial charge in [0.05, 0.1) is 7.11 Å². The molecule has 1 rings (SSSR count). The predicted molar refractivity (Wildman–Crippen MR) is 57.4 cm³/mol. The minimum atomic E-state index is -0.314. The third-order valence-corrected chi connectivity index (χ3v) is 2.13. The van der Waals surface area contributed by atoms with Gasteiger partial charge in [0.1, 0.15) is 0 Å². The van der Waals surface area contributed by atoms with Crippen LogP contribution in [0.4, 0.5) is 0 Å². The Balaban J connectivity index is 2.85. The van der Waals surface area contributed by atoms with Crippen LogP contribution in [-0.4, -0.2) is 26.0 Å². The second-order valence-corrected chi connectivity index (χ2v) is 4.38. The third-order valence-electron chi connectivity index (χ3n) is 2.13. The predicted octanol–water partition coefficient (Wildman–Crippen LogP) is 1.55. The van der Waals surface area contributed by atoms with Gasteiger partial charge in [0, 0.05) is 11.2 Å².